The van der Waals surface area contributed by atoms with Crippen LogP contribution in [0.25, 0.3) is 0 Å². The highest BCUT2D eigenvalue weighted by atomic mass is 35.5. The van der Waals surface area contributed by atoms with E-state index in [0.717, 1.165) is 43.7 Å². The molecule has 1 aliphatic rings. The predicted molar refractivity (Wildman–Crippen MR) is 103 cm³/mol. The quantitative estimate of drug-likeness (QED) is 0.712. The van der Waals surface area contributed by atoms with Crippen molar-refractivity contribution in [2.24, 2.45) is 0 Å². The number of likely N-dealkylation sites (N-methyl/N-ethyl adjacent to an activating group) is 1. The second-order valence-corrected chi connectivity index (χ2v) is 7.28. The molecule has 1 atom stereocenters. The van der Waals surface area contributed by atoms with Gasteiger partial charge in [0.2, 0.25) is 0 Å². The lowest BCUT2D eigenvalue weighted by Gasteiger charge is -2.25. The molecule has 0 radical (unpaired) electrons. The number of nitrogens with zero attached hydrogens (tertiary/aromatic N) is 2. The first kappa shape index (κ1) is 20.5. The van der Waals surface area contributed by atoms with E-state index in [9.17, 15) is 9.59 Å². The van der Waals surface area contributed by atoms with Gasteiger partial charge in [-0.25, -0.2) is 4.79 Å². The van der Waals surface area contributed by atoms with Gasteiger partial charge < -0.3 is 15.3 Å². The topological polar surface area (TPSA) is 72.9 Å². The predicted octanol–water partition coefficient (Wildman–Crippen LogP) is 2.85. The summed E-state index contributed by atoms with van der Waals surface area (Å²) in [6, 6.07) is 7.96. The molecule has 1 fully saturated rings. The van der Waals surface area contributed by atoms with E-state index in [-0.39, 0.29) is 18.6 Å². The smallest absolute Gasteiger partial charge is 0.317 e. The molecule has 1 aromatic carbocycles. The Morgan fingerprint density at radius 2 is 2.15 bits per heavy atom. The Hall–Kier alpha value is -1.79. The Balaban J connectivity index is 1.70. The van der Waals surface area contributed by atoms with Gasteiger partial charge in [0, 0.05) is 30.7 Å². The van der Waals surface area contributed by atoms with Crippen molar-refractivity contribution in [3.63, 3.8) is 0 Å². The molecule has 1 aromatic rings. The SMILES string of the molecule is CN(CC(=O)O)C1CCCN(C(=O)NCCCc2cccc(Cl)c2)CC1. The van der Waals surface area contributed by atoms with Crippen molar-refractivity contribution in [1.82, 2.24) is 15.1 Å². The summed E-state index contributed by atoms with van der Waals surface area (Å²) in [6.45, 7) is 2.05. The number of halogens is 1. The summed E-state index contributed by atoms with van der Waals surface area (Å²) in [6.07, 6.45) is 4.36. The van der Waals surface area contributed by atoms with Gasteiger partial charge >= 0.3 is 12.0 Å². The summed E-state index contributed by atoms with van der Waals surface area (Å²) in [5.74, 6) is -0.814. The Morgan fingerprint density at radius 3 is 2.88 bits per heavy atom. The molecule has 1 unspecified atom stereocenters. The van der Waals surface area contributed by atoms with E-state index in [2.05, 4.69) is 5.32 Å². The Morgan fingerprint density at radius 1 is 1.35 bits per heavy atom. The minimum Gasteiger partial charge on any atom is -0.480 e. The number of nitrogens with one attached hydrogen (secondary N) is 1. The van der Waals surface area contributed by atoms with Crippen LogP contribution in [-0.4, -0.2) is 66.2 Å². The van der Waals surface area contributed by atoms with Crippen molar-refractivity contribution in [1.29, 1.82) is 0 Å². The maximum absolute atomic E-state index is 12.4. The summed E-state index contributed by atoms with van der Waals surface area (Å²) in [5, 5.41) is 12.6. The van der Waals surface area contributed by atoms with E-state index in [1.54, 1.807) is 0 Å². The van der Waals surface area contributed by atoms with E-state index < -0.39 is 5.97 Å². The molecular formula is C19H28ClN3O3. The Kier molecular flexibility index (Phi) is 8.19. The van der Waals surface area contributed by atoms with Gasteiger partial charge in [-0.3, -0.25) is 9.69 Å². The second kappa shape index (κ2) is 10.4. The van der Waals surface area contributed by atoms with Crippen LogP contribution >= 0.6 is 11.6 Å². The summed E-state index contributed by atoms with van der Waals surface area (Å²) >= 11 is 5.97. The standard InChI is InChI=1S/C19H28ClN3O3/c1-22(14-18(24)25)17-8-4-11-23(12-9-17)19(26)21-10-3-6-15-5-2-7-16(20)13-15/h2,5,7,13,17H,3-4,6,8-12,14H2,1H3,(H,21,26)(H,24,25). The molecule has 2 rings (SSSR count). The average molecular weight is 382 g/mol. The van der Waals surface area contributed by atoms with Crippen molar-refractivity contribution >= 4 is 23.6 Å². The Bertz CT molecular complexity index is 611. The number of rotatable bonds is 7. The number of likely N-dealkylation sites (tertiary alicyclic amines) is 1. The van der Waals surface area contributed by atoms with Crippen LogP contribution in [0.5, 0.6) is 0 Å². The zero-order valence-corrected chi connectivity index (χ0v) is 16.0. The van der Waals surface area contributed by atoms with Crippen molar-refractivity contribution in [3.8, 4) is 0 Å². The number of urea groups is 1. The second-order valence-electron chi connectivity index (χ2n) is 6.85. The summed E-state index contributed by atoms with van der Waals surface area (Å²) < 4.78 is 0. The van der Waals surface area contributed by atoms with Crippen molar-refractivity contribution in [3.05, 3.63) is 34.9 Å². The summed E-state index contributed by atoms with van der Waals surface area (Å²) in [5.41, 5.74) is 1.17. The fraction of sp³-hybridized carbons (Fsp3) is 0.579. The van der Waals surface area contributed by atoms with Gasteiger partial charge in [0.05, 0.1) is 6.54 Å². The van der Waals surface area contributed by atoms with Gasteiger partial charge in [0.15, 0.2) is 0 Å². The zero-order chi connectivity index (χ0) is 18.9. The first-order valence-corrected chi connectivity index (χ1v) is 9.53. The number of hydrogen-bond acceptors (Lipinski definition) is 3. The van der Waals surface area contributed by atoms with Crippen LogP contribution in [0.1, 0.15) is 31.2 Å². The van der Waals surface area contributed by atoms with E-state index in [1.807, 2.05) is 41.1 Å². The highest BCUT2D eigenvalue weighted by Crippen LogP contribution is 2.16. The fourth-order valence-electron chi connectivity index (χ4n) is 3.36. The van der Waals surface area contributed by atoms with Crippen LogP contribution in [-0.2, 0) is 11.2 Å². The van der Waals surface area contributed by atoms with Gasteiger partial charge in [-0.2, -0.15) is 0 Å². The molecule has 1 saturated heterocycles. The Labute approximate surface area is 160 Å². The van der Waals surface area contributed by atoms with Gasteiger partial charge in [0.1, 0.15) is 0 Å². The van der Waals surface area contributed by atoms with Gasteiger partial charge in [-0.1, -0.05) is 23.7 Å². The van der Waals surface area contributed by atoms with Crippen molar-refractivity contribution < 1.29 is 14.7 Å². The molecule has 0 aliphatic carbocycles. The number of amides is 2. The monoisotopic (exact) mass is 381 g/mol. The molecule has 0 bridgehead atoms. The summed E-state index contributed by atoms with van der Waals surface area (Å²) in [7, 11) is 1.84. The minimum absolute atomic E-state index is 0.0300. The van der Waals surface area contributed by atoms with Crippen LogP contribution in [0.2, 0.25) is 5.02 Å². The molecule has 2 amide bonds. The maximum atomic E-state index is 12.4. The molecule has 0 saturated carbocycles. The molecule has 1 heterocycles. The first-order valence-electron chi connectivity index (χ1n) is 9.15. The van der Waals surface area contributed by atoms with Crippen LogP contribution in [0.3, 0.4) is 0 Å². The first-order chi connectivity index (χ1) is 12.5. The van der Waals surface area contributed by atoms with Gasteiger partial charge in [-0.05, 0) is 56.8 Å². The molecule has 144 valence electrons. The lowest BCUT2D eigenvalue weighted by Crippen LogP contribution is -2.42. The van der Waals surface area contributed by atoms with E-state index in [4.69, 9.17) is 16.7 Å². The van der Waals surface area contributed by atoms with Gasteiger partial charge in [-0.15, -0.1) is 0 Å². The molecular weight excluding hydrogens is 354 g/mol. The summed E-state index contributed by atoms with van der Waals surface area (Å²) in [4.78, 5) is 26.9. The third-order valence-electron chi connectivity index (χ3n) is 4.80. The van der Waals surface area contributed by atoms with Crippen LogP contribution in [0.4, 0.5) is 4.79 Å². The number of carboxylic acids is 1. The normalized spacial score (nSPS) is 17.8. The highest BCUT2D eigenvalue weighted by molar-refractivity contribution is 6.30. The largest absolute Gasteiger partial charge is 0.480 e. The number of carbonyl (C=O) groups is 2. The minimum atomic E-state index is -0.814. The highest BCUT2D eigenvalue weighted by Gasteiger charge is 2.23. The van der Waals surface area contributed by atoms with Crippen molar-refractivity contribution in [2.45, 2.75) is 38.1 Å². The zero-order valence-electron chi connectivity index (χ0n) is 15.3. The van der Waals surface area contributed by atoms with Crippen molar-refractivity contribution in [2.75, 3.05) is 33.2 Å². The third-order valence-corrected chi connectivity index (χ3v) is 5.04. The number of carboxylic acid groups (broad SMARTS) is 1. The van der Waals surface area contributed by atoms with Crippen LogP contribution in [0, 0.1) is 0 Å². The van der Waals surface area contributed by atoms with E-state index in [1.165, 1.54) is 5.56 Å². The van der Waals surface area contributed by atoms with E-state index in [0.29, 0.717) is 13.1 Å². The number of aliphatic carboxylic acids is 1. The average Bonchev–Trinajstić information content (AvgIpc) is 2.84. The van der Waals surface area contributed by atoms with E-state index >= 15 is 0 Å². The van der Waals surface area contributed by atoms with Gasteiger partial charge in [0.25, 0.3) is 0 Å². The fourth-order valence-corrected chi connectivity index (χ4v) is 3.57. The number of carbonyl (C=O) groups excluding carboxylic acids is 1. The molecule has 0 aromatic heterocycles. The number of hydrogen-bond donors (Lipinski definition) is 2. The number of benzene rings is 1. The lowest BCUT2D eigenvalue weighted by atomic mass is 10.1. The molecule has 2 N–H and O–H groups in total. The lowest BCUT2D eigenvalue weighted by molar-refractivity contribution is -0.138. The van der Waals surface area contributed by atoms with Crippen LogP contribution in [0.15, 0.2) is 24.3 Å². The molecule has 7 heteroatoms. The molecule has 6 nitrogen and oxygen atoms in total. The third kappa shape index (κ3) is 6.84. The molecule has 0 spiro atoms. The maximum Gasteiger partial charge on any atom is 0.317 e. The molecule has 26 heavy (non-hydrogen) atoms. The number of aryl methyl sites for hydroxylation is 1. The molecule has 1 aliphatic heterocycles. The van der Waals surface area contributed by atoms with Crippen LogP contribution < -0.4 is 5.32 Å².